The first-order valence-electron chi connectivity index (χ1n) is 9.35. The first-order valence-corrected chi connectivity index (χ1v) is 9.35. The van der Waals surface area contributed by atoms with Gasteiger partial charge in [-0.05, 0) is 36.4 Å². The predicted octanol–water partition coefficient (Wildman–Crippen LogP) is 4.18. The van der Waals surface area contributed by atoms with E-state index in [0.717, 1.165) is 11.3 Å². The van der Waals surface area contributed by atoms with Gasteiger partial charge in [0.15, 0.2) is 0 Å². The maximum atomic E-state index is 12.7. The molecule has 7 nitrogen and oxygen atoms in total. The van der Waals surface area contributed by atoms with Crippen LogP contribution in [0.5, 0.6) is 17.2 Å². The summed E-state index contributed by atoms with van der Waals surface area (Å²) in [4.78, 5) is 17.2. The van der Waals surface area contributed by atoms with Crippen LogP contribution in [0.3, 0.4) is 0 Å². The van der Waals surface area contributed by atoms with Crippen molar-refractivity contribution in [2.24, 2.45) is 0 Å². The molecule has 7 heteroatoms. The number of pyridine rings is 1. The molecule has 1 amide bonds. The topological polar surface area (TPSA) is 74.1 Å². The van der Waals surface area contributed by atoms with Crippen LogP contribution >= 0.6 is 0 Å². The number of nitrogens with one attached hydrogen (secondary N) is 1. The summed E-state index contributed by atoms with van der Waals surface area (Å²) in [5.74, 6) is 1.40. The summed E-state index contributed by atoms with van der Waals surface area (Å²) in [6.07, 6.45) is 3.87. The van der Waals surface area contributed by atoms with E-state index in [1.165, 1.54) is 7.11 Å². The third-order valence-electron chi connectivity index (χ3n) is 4.55. The first-order chi connectivity index (χ1) is 14.7. The van der Waals surface area contributed by atoms with E-state index in [2.05, 4.69) is 10.3 Å². The standard InChI is InChI=1S/C23H21N3O4/c1-28-18-9-10-20(21(13-18)29-2)23(27)25-16-6-5-7-19(12-16)30-15-17-14-26-11-4-3-8-22(26)24-17/h3-14H,15H2,1-2H3,(H,25,27). The molecule has 0 bridgehead atoms. The monoisotopic (exact) mass is 403 g/mol. The molecule has 0 radical (unpaired) electrons. The van der Waals surface area contributed by atoms with E-state index >= 15 is 0 Å². The lowest BCUT2D eigenvalue weighted by molar-refractivity contribution is 0.102. The Kier molecular flexibility index (Phi) is 5.52. The van der Waals surface area contributed by atoms with Crippen LogP contribution in [-0.4, -0.2) is 29.5 Å². The molecule has 4 aromatic rings. The van der Waals surface area contributed by atoms with Crippen molar-refractivity contribution in [3.8, 4) is 17.2 Å². The normalized spacial score (nSPS) is 10.6. The van der Waals surface area contributed by atoms with Gasteiger partial charge in [-0.1, -0.05) is 12.1 Å². The molecule has 0 aliphatic carbocycles. The van der Waals surface area contributed by atoms with Crippen molar-refractivity contribution < 1.29 is 19.0 Å². The molecule has 152 valence electrons. The number of carbonyl (C=O) groups is 1. The number of ether oxygens (including phenoxy) is 3. The smallest absolute Gasteiger partial charge is 0.259 e. The zero-order valence-electron chi connectivity index (χ0n) is 16.7. The number of hydrogen-bond acceptors (Lipinski definition) is 5. The van der Waals surface area contributed by atoms with Gasteiger partial charge in [-0.15, -0.1) is 0 Å². The van der Waals surface area contributed by atoms with Crippen molar-refractivity contribution in [3.05, 3.63) is 84.3 Å². The average Bonchev–Trinajstić information content (AvgIpc) is 3.20. The molecular formula is C23H21N3O4. The van der Waals surface area contributed by atoms with Gasteiger partial charge in [0.1, 0.15) is 29.5 Å². The zero-order valence-corrected chi connectivity index (χ0v) is 16.7. The van der Waals surface area contributed by atoms with Crippen LogP contribution < -0.4 is 19.5 Å². The minimum Gasteiger partial charge on any atom is -0.497 e. The van der Waals surface area contributed by atoms with Crippen molar-refractivity contribution in [2.45, 2.75) is 6.61 Å². The van der Waals surface area contributed by atoms with Crippen LogP contribution in [0.4, 0.5) is 5.69 Å². The van der Waals surface area contributed by atoms with Crippen LogP contribution in [0.15, 0.2) is 73.1 Å². The molecule has 0 atom stereocenters. The number of amides is 1. The Morgan fingerprint density at radius 2 is 1.90 bits per heavy atom. The average molecular weight is 403 g/mol. The Hall–Kier alpha value is -4.00. The molecule has 2 aromatic carbocycles. The van der Waals surface area contributed by atoms with Gasteiger partial charge in [0.2, 0.25) is 0 Å². The SMILES string of the molecule is COc1ccc(C(=O)Nc2cccc(OCc3cn4ccccc4n3)c2)c(OC)c1. The fourth-order valence-electron chi connectivity index (χ4n) is 3.06. The van der Waals surface area contributed by atoms with Crippen LogP contribution in [0.1, 0.15) is 16.1 Å². The molecule has 2 aromatic heterocycles. The van der Waals surface area contributed by atoms with Crippen molar-refractivity contribution in [1.82, 2.24) is 9.38 Å². The first kappa shape index (κ1) is 19.3. The van der Waals surface area contributed by atoms with Gasteiger partial charge in [-0.3, -0.25) is 4.79 Å². The molecular weight excluding hydrogens is 382 g/mol. The van der Waals surface area contributed by atoms with E-state index < -0.39 is 0 Å². The maximum Gasteiger partial charge on any atom is 0.259 e. The lowest BCUT2D eigenvalue weighted by atomic mass is 10.1. The Labute approximate surface area is 173 Å². The fraction of sp³-hybridized carbons (Fsp3) is 0.130. The number of anilines is 1. The van der Waals surface area contributed by atoms with Crippen LogP contribution in [0.25, 0.3) is 5.65 Å². The molecule has 2 heterocycles. The van der Waals surface area contributed by atoms with Crippen LogP contribution in [-0.2, 0) is 6.61 Å². The molecule has 0 fully saturated rings. The molecule has 4 rings (SSSR count). The molecule has 0 saturated heterocycles. The number of carbonyl (C=O) groups excluding carboxylic acids is 1. The molecule has 0 aliphatic heterocycles. The number of aromatic nitrogens is 2. The third kappa shape index (κ3) is 4.20. The number of imidazole rings is 1. The summed E-state index contributed by atoms with van der Waals surface area (Å²) in [5.41, 5.74) is 2.71. The molecule has 1 N–H and O–H groups in total. The molecule has 0 aliphatic rings. The number of rotatable bonds is 7. The van der Waals surface area contributed by atoms with Gasteiger partial charge < -0.3 is 23.9 Å². The predicted molar refractivity (Wildman–Crippen MR) is 113 cm³/mol. The highest BCUT2D eigenvalue weighted by Gasteiger charge is 2.14. The van der Waals surface area contributed by atoms with Gasteiger partial charge in [0, 0.05) is 30.2 Å². The maximum absolute atomic E-state index is 12.7. The number of benzene rings is 2. The van der Waals surface area contributed by atoms with E-state index in [1.807, 2.05) is 47.1 Å². The number of nitrogens with zero attached hydrogens (tertiary/aromatic N) is 2. The minimum atomic E-state index is -0.285. The van der Waals surface area contributed by atoms with Gasteiger partial charge >= 0.3 is 0 Å². The second kappa shape index (κ2) is 8.57. The van der Waals surface area contributed by atoms with E-state index in [4.69, 9.17) is 14.2 Å². The highest BCUT2D eigenvalue weighted by Crippen LogP contribution is 2.26. The second-order valence-electron chi connectivity index (χ2n) is 6.54. The highest BCUT2D eigenvalue weighted by molar-refractivity contribution is 6.06. The van der Waals surface area contributed by atoms with Crippen molar-refractivity contribution >= 4 is 17.2 Å². The van der Waals surface area contributed by atoms with E-state index in [9.17, 15) is 4.79 Å². The van der Waals surface area contributed by atoms with Gasteiger partial charge in [-0.25, -0.2) is 4.98 Å². The van der Waals surface area contributed by atoms with Crippen LogP contribution in [0, 0.1) is 0 Å². The summed E-state index contributed by atoms with van der Waals surface area (Å²) in [5, 5.41) is 2.87. The summed E-state index contributed by atoms with van der Waals surface area (Å²) < 4.78 is 18.3. The van der Waals surface area contributed by atoms with E-state index in [-0.39, 0.29) is 5.91 Å². The van der Waals surface area contributed by atoms with Crippen LogP contribution in [0.2, 0.25) is 0 Å². The summed E-state index contributed by atoms with van der Waals surface area (Å²) in [6.45, 7) is 0.325. The number of fused-ring (bicyclic) bond motifs is 1. The van der Waals surface area contributed by atoms with Crippen molar-refractivity contribution in [3.63, 3.8) is 0 Å². The Balaban J connectivity index is 1.44. The Bertz CT molecular complexity index is 1150. The fourth-order valence-corrected chi connectivity index (χ4v) is 3.06. The molecule has 30 heavy (non-hydrogen) atoms. The van der Waals surface area contributed by atoms with Gasteiger partial charge in [0.05, 0.1) is 25.5 Å². The second-order valence-corrected chi connectivity index (χ2v) is 6.54. The number of hydrogen-bond donors (Lipinski definition) is 1. The zero-order chi connectivity index (χ0) is 20.9. The van der Waals surface area contributed by atoms with Crippen molar-refractivity contribution in [2.75, 3.05) is 19.5 Å². The minimum absolute atomic E-state index is 0.285. The lowest BCUT2D eigenvalue weighted by Crippen LogP contribution is -2.13. The molecule has 0 saturated carbocycles. The molecule has 0 unspecified atom stereocenters. The largest absolute Gasteiger partial charge is 0.497 e. The van der Waals surface area contributed by atoms with Crippen molar-refractivity contribution in [1.29, 1.82) is 0 Å². The Morgan fingerprint density at radius 3 is 2.70 bits per heavy atom. The quantitative estimate of drug-likeness (QED) is 0.501. The van der Waals surface area contributed by atoms with Gasteiger partial charge in [-0.2, -0.15) is 0 Å². The highest BCUT2D eigenvalue weighted by atomic mass is 16.5. The third-order valence-corrected chi connectivity index (χ3v) is 4.55. The van der Waals surface area contributed by atoms with E-state index in [1.54, 1.807) is 37.4 Å². The summed E-state index contributed by atoms with van der Waals surface area (Å²) in [7, 11) is 3.08. The lowest BCUT2D eigenvalue weighted by Gasteiger charge is -2.12. The van der Waals surface area contributed by atoms with E-state index in [0.29, 0.717) is 35.1 Å². The molecule has 0 spiro atoms. The summed E-state index contributed by atoms with van der Waals surface area (Å²) >= 11 is 0. The number of methoxy groups -OCH3 is 2. The Morgan fingerprint density at radius 1 is 1.00 bits per heavy atom. The van der Waals surface area contributed by atoms with Gasteiger partial charge in [0.25, 0.3) is 5.91 Å². The summed E-state index contributed by atoms with van der Waals surface area (Å²) in [6, 6.07) is 18.1.